The molecule has 1 N–H and O–H groups in total. The predicted molar refractivity (Wildman–Crippen MR) is 99.9 cm³/mol. The van der Waals surface area contributed by atoms with E-state index >= 15 is 0 Å². The van der Waals surface area contributed by atoms with Gasteiger partial charge in [-0.05, 0) is 51.3 Å². The van der Waals surface area contributed by atoms with Crippen LogP contribution in [0.2, 0.25) is 0 Å². The van der Waals surface area contributed by atoms with Gasteiger partial charge in [0.1, 0.15) is 11.4 Å². The summed E-state index contributed by atoms with van der Waals surface area (Å²) in [5.41, 5.74) is 2.01. The van der Waals surface area contributed by atoms with Gasteiger partial charge in [-0.1, -0.05) is 12.1 Å². The summed E-state index contributed by atoms with van der Waals surface area (Å²) >= 11 is 0. The highest BCUT2D eigenvalue weighted by molar-refractivity contribution is 5.92. The van der Waals surface area contributed by atoms with Gasteiger partial charge in [0.25, 0.3) is 5.91 Å². The van der Waals surface area contributed by atoms with Gasteiger partial charge in [0.05, 0.1) is 17.0 Å². The van der Waals surface area contributed by atoms with Crippen LogP contribution in [-0.4, -0.2) is 38.7 Å². The molecule has 0 unspecified atom stereocenters. The van der Waals surface area contributed by atoms with E-state index in [0.29, 0.717) is 23.5 Å². The van der Waals surface area contributed by atoms with E-state index in [1.165, 1.54) is 0 Å². The first kappa shape index (κ1) is 19.5. The number of rotatable bonds is 7. The Hall–Kier alpha value is -3.23. The topological polar surface area (TPSA) is 116 Å². The predicted octanol–water partition coefficient (Wildman–Crippen LogP) is 2.28. The minimum Gasteiger partial charge on any atom is -0.449 e. The third-order valence-electron chi connectivity index (χ3n) is 4.62. The van der Waals surface area contributed by atoms with Crippen LogP contribution in [0.4, 0.5) is 5.69 Å². The standard InChI is InChI=1S/C19H22N4O5/c1-11-17(23(26)27)12(2)22(21-11)10-14-4-6-15(7-5-14)19(25)28-13(3)18(24)20-16-8-9-16/h4-7,13,16H,8-10H2,1-3H3,(H,20,24)/t13-/m0/s1. The van der Waals surface area contributed by atoms with Crippen molar-refractivity contribution in [3.8, 4) is 0 Å². The highest BCUT2D eigenvalue weighted by Crippen LogP contribution is 2.23. The van der Waals surface area contributed by atoms with Crippen LogP contribution in [0.1, 0.15) is 47.1 Å². The van der Waals surface area contributed by atoms with E-state index in [4.69, 9.17) is 4.74 Å². The second-order valence-electron chi connectivity index (χ2n) is 6.96. The van der Waals surface area contributed by atoms with E-state index in [2.05, 4.69) is 10.4 Å². The lowest BCUT2D eigenvalue weighted by Gasteiger charge is -2.13. The van der Waals surface area contributed by atoms with Crippen molar-refractivity contribution in [3.63, 3.8) is 0 Å². The van der Waals surface area contributed by atoms with E-state index in [-0.39, 0.29) is 17.6 Å². The molecule has 9 heteroatoms. The van der Waals surface area contributed by atoms with E-state index in [1.54, 1.807) is 49.7 Å². The number of aryl methyl sites for hydroxylation is 1. The molecule has 1 amide bonds. The van der Waals surface area contributed by atoms with Crippen LogP contribution in [0.15, 0.2) is 24.3 Å². The van der Waals surface area contributed by atoms with Gasteiger partial charge in [0.15, 0.2) is 6.10 Å². The summed E-state index contributed by atoms with van der Waals surface area (Å²) in [5, 5.41) is 18.1. The summed E-state index contributed by atoms with van der Waals surface area (Å²) < 4.78 is 6.77. The number of nitrogens with one attached hydrogen (secondary N) is 1. The number of amides is 1. The summed E-state index contributed by atoms with van der Waals surface area (Å²) in [5.74, 6) is -0.870. The van der Waals surface area contributed by atoms with Crippen molar-refractivity contribution in [2.45, 2.75) is 52.3 Å². The van der Waals surface area contributed by atoms with Crippen molar-refractivity contribution in [1.82, 2.24) is 15.1 Å². The van der Waals surface area contributed by atoms with E-state index in [0.717, 1.165) is 18.4 Å². The lowest BCUT2D eigenvalue weighted by Crippen LogP contribution is -2.37. The zero-order chi connectivity index (χ0) is 20.4. The average Bonchev–Trinajstić information content (AvgIpc) is 3.40. The maximum absolute atomic E-state index is 12.2. The van der Waals surface area contributed by atoms with Gasteiger partial charge in [-0.3, -0.25) is 19.6 Å². The van der Waals surface area contributed by atoms with Gasteiger partial charge < -0.3 is 10.1 Å². The van der Waals surface area contributed by atoms with Crippen molar-refractivity contribution in [1.29, 1.82) is 0 Å². The van der Waals surface area contributed by atoms with Gasteiger partial charge in [-0.2, -0.15) is 5.10 Å². The van der Waals surface area contributed by atoms with E-state index < -0.39 is 17.0 Å². The minimum absolute atomic E-state index is 0.0126. The highest BCUT2D eigenvalue weighted by atomic mass is 16.6. The van der Waals surface area contributed by atoms with Crippen molar-refractivity contribution in [2.24, 2.45) is 0 Å². The van der Waals surface area contributed by atoms with Gasteiger partial charge in [0.2, 0.25) is 0 Å². The van der Waals surface area contributed by atoms with Crippen LogP contribution in [0.3, 0.4) is 0 Å². The van der Waals surface area contributed by atoms with Crippen molar-refractivity contribution in [2.75, 3.05) is 0 Å². The van der Waals surface area contributed by atoms with Gasteiger partial charge in [-0.25, -0.2) is 4.79 Å². The van der Waals surface area contributed by atoms with Gasteiger partial charge >= 0.3 is 11.7 Å². The number of benzene rings is 1. The number of carbonyl (C=O) groups excluding carboxylic acids is 2. The first-order chi connectivity index (χ1) is 13.3. The molecule has 1 atom stereocenters. The molecule has 1 aliphatic rings. The molecule has 0 aliphatic heterocycles. The SMILES string of the molecule is Cc1nn(Cc2ccc(C(=O)O[C@@H](C)C(=O)NC3CC3)cc2)c(C)c1[N+](=O)[O-]. The molecule has 1 aromatic carbocycles. The van der Waals surface area contributed by atoms with E-state index in [9.17, 15) is 19.7 Å². The van der Waals surface area contributed by atoms with Crippen LogP contribution in [0, 0.1) is 24.0 Å². The second-order valence-corrected chi connectivity index (χ2v) is 6.96. The van der Waals surface area contributed by atoms with Crippen molar-refractivity contribution >= 4 is 17.6 Å². The van der Waals surface area contributed by atoms with E-state index in [1.807, 2.05) is 0 Å². The number of esters is 1. The molecule has 1 fully saturated rings. The maximum atomic E-state index is 12.2. The number of nitrogens with zero attached hydrogens (tertiary/aromatic N) is 3. The van der Waals surface area contributed by atoms with Gasteiger partial charge in [-0.15, -0.1) is 0 Å². The fourth-order valence-corrected chi connectivity index (χ4v) is 2.85. The molecule has 0 radical (unpaired) electrons. The molecule has 9 nitrogen and oxygen atoms in total. The number of hydrogen-bond donors (Lipinski definition) is 1. The summed E-state index contributed by atoms with van der Waals surface area (Å²) in [4.78, 5) is 34.8. The second kappa shape index (κ2) is 7.79. The molecule has 1 aromatic heterocycles. The summed E-state index contributed by atoms with van der Waals surface area (Å²) in [6.07, 6.45) is 1.07. The first-order valence-corrected chi connectivity index (χ1v) is 9.05. The smallest absolute Gasteiger partial charge is 0.338 e. The Labute approximate surface area is 161 Å². The van der Waals surface area contributed by atoms with Crippen LogP contribution in [-0.2, 0) is 16.1 Å². The highest BCUT2D eigenvalue weighted by Gasteiger charge is 2.27. The lowest BCUT2D eigenvalue weighted by atomic mass is 10.1. The van der Waals surface area contributed by atoms with Crippen LogP contribution in [0.25, 0.3) is 0 Å². The number of hydrogen-bond acceptors (Lipinski definition) is 6. The van der Waals surface area contributed by atoms with Crippen molar-refractivity contribution in [3.05, 3.63) is 56.9 Å². The number of ether oxygens (including phenoxy) is 1. The third kappa shape index (κ3) is 4.36. The zero-order valence-electron chi connectivity index (χ0n) is 16.0. The number of nitro groups is 1. The number of carbonyl (C=O) groups is 2. The molecule has 3 rings (SSSR count). The molecule has 2 aromatic rings. The Morgan fingerprint density at radius 1 is 1.32 bits per heavy atom. The molecule has 148 valence electrons. The Morgan fingerprint density at radius 2 is 1.96 bits per heavy atom. The quantitative estimate of drug-likeness (QED) is 0.443. The third-order valence-corrected chi connectivity index (χ3v) is 4.62. The first-order valence-electron chi connectivity index (χ1n) is 9.05. The zero-order valence-corrected chi connectivity index (χ0v) is 16.0. The largest absolute Gasteiger partial charge is 0.449 e. The molecular formula is C19H22N4O5. The van der Waals surface area contributed by atoms with Crippen molar-refractivity contribution < 1.29 is 19.2 Å². The molecule has 1 aliphatic carbocycles. The van der Waals surface area contributed by atoms with Crippen LogP contribution < -0.4 is 5.32 Å². The summed E-state index contributed by atoms with van der Waals surface area (Å²) in [7, 11) is 0. The Morgan fingerprint density at radius 3 is 2.50 bits per heavy atom. The average molecular weight is 386 g/mol. The Kier molecular flexibility index (Phi) is 5.43. The number of aromatic nitrogens is 2. The Bertz CT molecular complexity index is 915. The van der Waals surface area contributed by atoms with Gasteiger partial charge in [0, 0.05) is 6.04 Å². The molecular weight excluding hydrogens is 364 g/mol. The summed E-state index contributed by atoms with van der Waals surface area (Å²) in [6, 6.07) is 6.87. The Balaban J connectivity index is 1.63. The molecule has 0 spiro atoms. The molecule has 0 bridgehead atoms. The maximum Gasteiger partial charge on any atom is 0.338 e. The molecule has 0 saturated heterocycles. The molecule has 1 heterocycles. The fraction of sp³-hybridized carbons (Fsp3) is 0.421. The fourth-order valence-electron chi connectivity index (χ4n) is 2.85. The van der Waals surface area contributed by atoms with Crippen LogP contribution in [0.5, 0.6) is 0 Å². The molecule has 1 saturated carbocycles. The summed E-state index contributed by atoms with van der Waals surface area (Å²) in [6.45, 7) is 5.13. The molecule has 28 heavy (non-hydrogen) atoms. The lowest BCUT2D eigenvalue weighted by molar-refractivity contribution is -0.386. The van der Waals surface area contributed by atoms with Crippen LogP contribution >= 0.6 is 0 Å². The minimum atomic E-state index is -0.858. The normalized spacial score (nSPS) is 14.4. The monoisotopic (exact) mass is 386 g/mol.